The van der Waals surface area contributed by atoms with Gasteiger partial charge in [0.15, 0.2) is 0 Å². The second kappa shape index (κ2) is 4.43. The first kappa shape index (κ1) is 11.4. The fraction of sp³-hybridized carbons (Fsp3) is 0.154. The van der Waals surface area contributed by atoms with E-state index in [1.54, 1.807) is 12.1 Å². The van der Waals surface area contributed by atoms with Crippen LogP contribution in [0.1, 0.15) is 18.0 Å². The molecule has 17 heavy (non-hydrogen) atoms. The molecule has 4 nitrogen and oxygen atoms in total. The molecule has 0 saturated carbocycles. The molecule has 2 aromatic carbocycles. The highest BCUT2D eigenvalue weighted by Gasteiger charge is 2.15. The Hall–Kier alpha value is -2.07. The number of aromatic hydroxyl groups is 1. The van der Waals surface area contributed by atoms with Crippen LogP contribution in [0.15, 0.2) is 36.4 Å². The molecule has 0 radical (unpaired) electrons. The van der Waals surface area contributed by atoms with Gasteiger partial charge in [-0.25, -0.2) is 0 Å². The average Bonchev–Trinajstić information content (AvgIpc) is 2.28. The number of hydrogen-bond acceptors (Lipinski definition) is 3. The summed E-state index contributed by atoms with van der Waals surface area (Å²) >= 11 is 0. The van der Waals surface area contributed by atoms with Crippen LogP contribution < -0.4 is 5.73 Å². The molecule has 2 aromatic rings. The Bertz CT molecular complexity index is 566. The second-order valence-corrected chi connectivity index (χ2v) is 3.93. The van der Waals surface area contributed by atoms with Gasteiger partial charge in [-0.05, 0) is 5.39 Å². The molecular weight excluding hydrogens is 218 g/mol. The van der Waals surface area contributed by atoms with Gasteiger partial charge < -0.3 is 15.9 Å². The van der Waals surface area contributed by atoms with Crippen LogP contribution >= 0.6 is 0 Å². The van der Waals surface area contributed by atoms with Gasteiger partial charge >= 0.3 is 5.97 Å². The van der Waals surface area contributed by atoms with Gasteiger partial charge in [-0.3, -0.25) is 4.79 Å². The van der Waals surface area contributed by atoms with Crippen LogP contribution in [0.2, 0.25) is 0 Å². The molecule has 88 valence electrons. The van der Waals surface area contributed by atoms with Crippen molar-refractivity contribution in [3.8, 4) is 5.75 Å². The Kier molecular flexibility index (Phi) is 2.97. The predicted molar refractivity (Wildman–Crippen MR) is 64.8 cm³/mol. The maximum atomic E-state index is 10.6. The molecule has 2 rings (SSSR count). The number of rotatable bonds is 3. The maximum Gasteiger partial charge on any atom is 0.305 e. The number of nitrogens with two attached hydrogens (primary N) is 1. The minimum atomic E-state index is -0.981. The summed E-state index contributed by atoms with van der Waals surface area (Å²) < 4.78 is 0. The van der Waals surface area contributed by atoms with E-state index in [2.05, 4.69) is 0 Å². The van der Waals surface area contributed by atoms with Gasteiger partial charge in [0.25, 0.3) is 0 Å². The predicted octanol–water partition coefficient (Wildman–Crippen LogP) is 2.02. The maximum absolute atomic E-state index is 10.6. The molecule has 0 bridgehead atoms. The van der Waals surface area contributed by atoms with Crippen LogP contribution in [0.5, 0.6) is 5.75 Å². The first-order chi connectivity index (χ1) is 8.09. The van der Waals surface area contributed by atoms with E-state index < -0.39 is 12.0 Å². The topological polar surface area (TPSA) is 83.6 Å². The van der Waals surface area contributed by atoms with E-state index in [9.17, 15) is 9.90 Å². The number of fused-ring (bicyclic) bond motifs is 1. The second-order valence-electron chi connectivity index (χ2n) is 3.93. The van der Waals surface area contributed by atoms with Crippen molar-refractivity contribution in [2.24, 2.45) is 5.73 Å². The molecule has 0 saturated heterocycles. The van der Waals surface area contributed by atoms with Crippen molar-refractivity contribution in [2.45, 2.75) is 12.5 Å². The van der Waals surface area contributed by atoms with Gasteiger partial charge in [0.1, 0.15) is 5.75 Å². The zero-order valence-corrected chi connectivity index (χ0v) is 9.13. The van der Waals surface area contributed by atoms with Crippen molar-refractivity contribution in [2.75, 3.05) is 0 Å². The van der Waals surface area contributed by atoms with Crippen molar-refractivity contribution >= 4 is 16.7 Å². The van der Waals surface area contributed by atoms with Crippen molar-refractivity contribution in [1.82, 2.24) is 0 Å². The van der Waals surface area contributed by atoms with Gasteiger partial charge in [0.05, 0.1) is 6.42 Å². The summed E-state index contributed by atoms with van der Waals surface area (Å²) in [6, 6.07) is 10.1. The molecule has 0 aliphatic carbocycles. The summed E-state index contributed by atoms with van der Waals surface area (Å²) in [4.78, 5) is 10.6. The third kappa shape index (κ3) is 2.21. The smallest absolute Gasteiger partial charge is 0.305 e. The number of hydrogen-bond donors (Lipinski definition) is 3. The standard InChI is InChI=1S/C13H13NO3/c14-11(7-12(15)16)10-6-5-8-3-1-2-4-9(8)13(10)17/h1-6,11,17H,7,14H2,(H,15,16). The molecule has 0 aliphatic rings. The SMILES string of the molecule is NC(CC(=O)O)c1ccc2ccccc2c1O. The monoisotopic (exact) mass is 231 g/mol. The van der Waals surface area contributed by atoms with Crippen molar-refractivity contribution < 1.29 is 15.0 Å². The van der Waals surface area contributed by atoms with E-state index in [0.717, 1.165) is 5.39 Å². The number of carboxylic acid groups (broad SMARTS) is 1. The zero-order valence-electron chi connectivity index (χ0n) is 9.13. The van der Waals surface area contributed by atoms with Gasteiger partial charge in [0, 0.05) is 17.0 Å². The molecule has 0 amide bonds. The van der Waals surface area contributed by atoms with E-state index in [-0.39, 0.29) is 12.2 Å². The van der Waals surface area contributed by atoms with Crippen LogP contribution in [-0.4, -0.2) is 16.2 Å². The summed E-state index contributed by atoms with van der Waals surface area (Å²) in [6.45, 7) is 0. The molecule has 1 unspecified atom stereocenters. The van der Waals surface area contributed by atoms with Crippen LogP contribution in [-0.2, 0) is 4.79 Å². The fourth-order valence-electron chi connectivity index (χ4n) is 1.87. The van der Waals surface area contributed by atoms with E-state index >= 15 is 0 Å². The lowest BCUT2D eigenvalue weighted by atomic mass is 9.99. The third-order valence-electron chi connectivity index (χ3n) is 2.73. The normalized spacial score (nSPS) is 12.5. The van der Waals surface area contributed by atoms with Gasteiger partial charge in [0.2, 0.25) is 0 Å². The fourth-order valence-corrected chi connectivity index (χ4v) is 1.87. The highest BCUT2D eigenvalue weighted by molar-refractivity contribution is 5.89. The lowest BCUT2D eigenvalue weighted by molar-refractivity contribution is -0.137. The molecule has 0 spiro atoms. The quantitative estimate of drug-likeness (QED) is 0.754. The summed E-state index contributed by atoms with van der Waals surface area (Å²) in [5, 5.41) is 20.3. The minimum Gasteiger partial charge on any atom is -0.507 e. The summed E-state index contributed by atoms with van der Waals surface area (Å²) in [5.41, 5.74) is 6.21. The number of aliphatic carboxylic acids is 1. The van der Waals surface area contributed by atoms with Crippen LogP contribution in [0, 0.1) is 0 Å². The highest BCUT2D eigenvalue weighted by atomic mass is 16.4. The summed E-state index contributed by atoms with van der Waals surface area (Å²) in [5.74, 6) is -0.915. The number of phenols is 1. The Morgan fingerprint density at radius 3 is 2.65 bits per heavy atom. The molecule has 0 fully saturated rings. The number of benzene rings is 2. The van der Waals surface area contributed by atoms with Gasteiger partial charge in [-0.15, -0.1) is 0 Å². The molecular formula is C13H13NO3. The Labute approximate surface area is 98.3 Å². The molecule has 0 heterocycles. The first-order valence-corrected chi connectivity index (χ1v) is 5.27. The molecule has 0 aliphatic heterocycles. The molecule has 4 N–H and O–H groups in total. The van der Waals surface area contributed by atoms with Gasteiger partial charge in [-0.2, -0.15) is 0 Å². The van der Waals surface area contributed by atoms with Gasteiger partial charge in [-0.1, -0.05) is 36.4 Å². The third-order valence-corrected chi connectivity index (χ3v) is 2.73. The lowest BCUT2D eigenvalue weighted by Gasteiger charge is -2.13. The number of phenolic OH excluding ortho intramolecular Hbond substituents is 1. The number of carboxylic acids is 1. The van der Waals surface area contributed by atoms with Crippen LogP contribution in [0.25, 0.3) is 10.8 Å². The summed E-state index contributed by atoms with van der Waals surface area (Å²) in [6.07, 6.45) is -0.202. The molecule has 0 aromatic heterocycles. The molecule has 1 atom stereocenters. The lowest BCUT2D eigenvalue weighted by Crippen LogP contribution is -2.15. The minimum absolute atomic E-state index is 0.0665. The largest absolute Gasteiger partial charge is 0.507 e. The Morgan fingerprint density at radius 2 is 1.94 bits per heavy atom. The summed E-state index contributed by atoms with van der Waals surface area (Å²) in [7, 11) is 0. The highest BCUT2D eigenvalue weighted by Crippen LogP contribution is 2.32. The van der Waals surface area contributed by atoms with E-state index in [1.165, 1.54) is 0 Å². The van der Waals surface area contributed by atoms with Crippen molar-refractivity contribution in [1.29, 1.82) is 0 Å². The van der Waals surface area contributed by atoms with E-state index in [4.69, 9.17) is 10.8 Å². The van der Waals surface area contributed by atoms with Crippen molar-refractivity contribution in [3.05, 3.63) is 42.0 Å². The van der Waals surface area contributed by atoms with E-state index in [1.807, 2.05) is 24.3 Å². The van der Waals surface area contributed by atoms with Crippen LogP contribution in [0.3, 0.4) is 0 Å². The molecule has 4 heteroatoms. The number of carbonyl (C=O) groups is 1. The first-order valence-electron chi connectivity index (χ1n) is 5.27. The van der Waals surface area contributed by atoms with Crippen molar-refractivity contribution in [3.63, 3.8) is 0 Å². The zero-order chi connectivity index (χ0) is 12.4. The Morgan fingerprint density at radius 1 is 1.24 bits per heavy atom. The Balaban J connectivity index is 2.48. The van der Waals surface area contributed by atoms with E-state index in [0.29, 0.717) is 10.9 Å². The van der Waals surface area contributed by atoms with Crippen LogP contribution in [0.4, 0.5) is 0 Å². The average molecular weight is 231 g/mol.